The molecule has 0 fully saturated rings. The van der Waals surface area contributed by atoms with Gasteiger partial charge in [-0.1, -0.05) is 61.5 Å². The smallest absolute Gasteiger partial charge is 0.234 e. The number of methoxy groups -OCH3 is 1. The molecule has 3 aromatic rings. The molecule has 0 saturated heterocycles. The highest BCUT2D eigenvalue weighted by molar-refractivity contribution is 7.99. The minimum atomic E-state index is -0.0734. The van der Waals surface area contributed by atoms with Gasteiger partial charge in [0.15, 0.2) is 11.0 Å². The van der Waals surface area contributed by atoms with E-state index in [0.717, 1.165) is 22.6 Å². The highest BCUT2D eigenvalue weighted by Gasteiger charge is 2.16. The number of thioether (sulfide) groups is 1. The minimum Gasteiger partial charge on any atom is -0.383 e. The normalized spacial score (nSPS) is 11.1. The quantitative estimate of drug-likeness (QED) is 0.502. The second kappa shape index (κ2) is 10.4. The molecular formula is C23H28N4O2S. The maximum absolute atomic E-state index is 12.4. The van der Waals surface area contributed by atoms with E-state index < -0.39 is 0 Å². The summed E-state index contributed by atoms with van der Waals surface area (Å²) < 4.78 is 7.26. The largest absolute Gasteiger partial charge is 0.383 e. The van der Waals surface area contributed by atoms with Gasteiger partial charge in [-0.25, -0.2) is 0 Å². The number of benzene rings is 2. The average molecular weight is 425 g/mol. The van der Waals surface area contributed by atoms with Gasteiger partial charge in [0.25, 0.3) is 0 Å². The van der Waals surface area contributed by atoms with E-state index in [0.29, 0.717) is 24.2 Å². The first-order valence-corrected chi connectivity index (χ1v) is 11.0. The maximum Gasteiger partial charge on any atom is 0.234 e. The molecule has 0 unspecified atom stereocenters. The van der Waals surface area contributed by atoms with Gasteiger partial charge in [-0.15, -0.1) is 10.2 Å². The molecule has 0 bridgehead atoms. The Labute approximate surface area is 182 Å². The highest BCUT2D eigenvalue weighted by atomic mass is 32.2. The lowest BCUT2D eigenvalue weighted by molar-refractivity contribution is -0.113. The molecule has 1 aromatic heterocycles. The molecule has 1 heterocycles. The second-order valence-corrected chi connectivity index (χ2v) is 8.38. The van der Waals surface area contributed by atoms with Crippen molar-refractivity contribution in [2.75, 3.05) is 24.8 Å². The summed E-state index contributed by atoms with van der Waals surface area (Å²) in [6.45, 7) is 7.50. The fourth-order valence-electron chi connectivity index (χ4n) is 3.06. The van der Waals surface area contributed by atoms with Crippen LogP contribution in [0.2, 0.25) is 0 Å². The Hall–Kier alpha value is -2.64. The van der Waals surface area contributed by atoms with Gasteiger partial charge in [0.1, 0.15) is 0 Å². The first-order valence-electron chi connectivity index (χ1n) is 9.99. The molecule has 0 aliphatic heterocycles. The van der Waals surface area contributed by atoms with E-state index in [4.69, 9.17) is 4.74 Å². The summed E-state index contributed by atoms with van der Waals surface area (Å²) in [6.07, 6.45) is 0. The summed E-state index contributed by atoms with van der Waals surface area (Å²) in [5.41, 5.74) is 4.20. The Morgan fingerprint density at radius 1 is 1.17 bits per heavy atom. The Kier molecular flexibility index (Phi) is 7.65. The number of rotatable bonds is 9. The third-order valence-electron chi connectivity index (χ3n) is 4.71. The number of hydrogen-bond donors (Lipinski definition) is 1. The van der Waals surface area contributed by atoms with E-state index in [9.17, 15) is 4.79 Å². The Morgan fingerprint density at radius 3 is 2.60 bits per heavy atom. The molecule has 3 rings (SSSR count). The summed E-state index contributed by atoms with van der Waals surface area (Å²) >= 11 is 1.37. The number of nitrogens with zero attached hydrogens (tertiary/aromatic N) is 3. The van der Waals surface area contributed by atoms with Crippen LogP contribution < -0.4 is 5.32 Å². The molecule has 7 heteroatoms. The van der Waals surface area contributed by atoms with Crippen LogP contribution in [0.25, 0.3) is 11.4 Å². The Morgan fingerprint density at radius 2 is 1.93 bits per heavy atom. The number of anilines is 1. The van der Waals surface area contributed by atoms with Crippen LogP contribution in [-0.4, -0.2) is 40.1 Å². The first-order chi connectivity index (χ1) is 14.5. The lowest BCUT2D eigenvalue weighted by Crippen LogP contribution is -2.15. The van der Waals surface area contributed by atoms with Gasteiger partial charge in [-0.2, -0.15) is 0 Å². The molecule has 0 aliphatic rings. The molecule has 0 saturated carbocycles. The number of ether oxygens (including phenoxy) is 1. The fraction of sp³-hybridized carbons (Fsp3) is 0.348. The van der Waals surface area contributed by atoms with Crippen molar-refractivity contribution in [2.45, 2.75) is 38.4 Å². The van der Waals surface area contributed by atoms with Crippen LogP contribution in [0.5, 0.6) is 0 Å². The average Bonchev–Trinajstić information content (AvgIpc) is 3.14. The third-order valence-corrected chi connectivity index (χ3v) is 5.67. The predicted octanol–water partition coefficient (Wildman–Crippen LogP) is 4.75. The molecule has 0 radical (unpaired) electrons. The van der Waals surface area contributed by atoms with Crippen LogP contribution in [0.4, 0.5) is 5.69 Å². The van der Waals surface area contributed by atoms with Crippen molar-refractivity contribution in [3.05, 3.63) is 59.7 Å². The lowest BCUT2D eigenvalue weighted by atomic mass is 10.0. The third kappa shape index (κ3) is 5.70. The van der Waals surface area contributed by atoms with Crippen LogP contribution in [0, 0.1) is 6.92 Å². The highest BCUT2D eigenvalue weighted by Crippen LogP contribution is 2.25. The lowest BCUT2D eigenvalue weighted by Gasteiger charge is -2.11. The molecular weight excluding hydrogens is 396 g/mol. The van der Waals surface area contributed by atoms with Gasteiger partial charge in [0.05, 0.1) is 18.9 Å². The first kappa shape index (κ1) is 22.1. The molecule has 0 aliphatic carbocycles. The summed E-state index contributed by atoms with van der Waals surface area (Å²) in [5.74, 6) is 1.43. The van der Waals surface area contributed by atoms with Gasteiger partial charge in [-0.3, -0.25) is 9.36 Å². The molecule has 2 aromatic carbocycles. The van der Waals surface area contributed by atoms with Crippen molar-refractivity contribution in [1.82, 2.24) is 14.8 Å². The number of nitrogens with one attached hydrogen (secondary N) is 1. The van der Waals surface area contributed by atoms with Crippen LogP contribution in [0.15, 0.2) is 53.7 Å². The van der Waals surface area contributed by atoms with E-state index in [1.54, 1.807) is 7.11 Å². The van der Waals surface area contributed by atoms with E-state index in [1.165, 1.54) is 17.3 Å². The summed E-state index contributed by atoms with van der Waals surface area (Å²) in [6, 6.07) is 16.1. The van der Waals surface area contributed by atoms with Gasteiger partial charge in [0, 0.05) is 18.4 Å². The van der Waals surface area contributed by atoms with Gasteiger partial charge < -0.3 is 10.1 Å². The summed E-state index contributed by atoms with van der Waals surface area (Å²) in [5, 5.41) is 12.3. The maximum atomic E-state index is 12.4. The van der Waals surface area contributed by atoms with Crippen molar-refractivity contribution in [3.63, 3.8) is 0 Å². The fourth-order valence-corrected chi connectivity index (χ4v) is 3.82. The Balaban J connectivity index is 1.68. The monoisotopic (exact) mass is 424 g/mol. The van der Waals surface area contributed by atoms with Gasteiger partial charge in [0.2, 0.25) is 5.91 Å². The zero-order chi connectivity index (χ0) is 21.5. The molecule has 158 valence electrons. The van der Waals surface area contributed by atoms with Crippen molar-refractivity contribution in [1.29, 1.82) is 0 Å². The molecule has 30 heavy (non-hydrogen) atoms. The van der Waals surface area contributed by atoms with Crippen molar-refractivity contribution >= 4 is 23.4 Å². The SMILES string of the molecule is COCCn1c(SCC(=O)Nc2ccc(C(C)C)cc2)nnc1-c1cccc(C)c1. The zero-order valence-corrected chi connectivity index (χ0v) is 18.7. The summed E-state index contributed by atoms with van der Waals surface area (Å²) in [4.78, 5) is 12.4. The van der Waals surface area contributed by atoms with E-state index in [-0.39, 0.29) is 11.7 Å². The van der Waals surface area contributed by atoms with E-state index >= 15 is 0 Å². The van der Waals surface area contributed by atoms with Crippen molar-refractivity contribution in [3.8, 4) is 11.4 Å². The summed E-state index contributed by atoms with van der Waals surface area (Å²) in [7, 11) is 1.67. The number of aryl methyl sites for hydroxylation is 1. The zero-order valence-electron chi connectivity index (χ0n) is 17.9. The topological polar surface area (TPSA) is 69.0 Å². The standard InChI is InChI=1S/C23H28N4O2S/c1-16(2)18-8-10-20(11-9-18)24-21(28)15-30-23-26-25-22(27(23)12-13-29-4)19-7-5-6-17(3)14-19/h5-11,14,16H,12-13,15H2,1-4H3,(H,24,28). The van der Waals surface area contributed by atoms with Crippen LogP contribution in [0.3, 0.4) is 0 Å². The minimum absolute atomic E-state index is 0.0734. The Bertz CT molecular complexity index is 983. The number of carbonyl (C=O) groups is 1. The molecule has 6 nitrogen and oxygen atoms in total. The van der Waals surface area contributed by atoms with Crippen molar-refractivity contribution in [2.24, 2.45) is 0 Å². The molecule has 0 atom stereocenters. The van der Waals surface area contributed by atoms with Gasteiger partial charge in [-0.05, 0) is 36.6 Å². The van der Waals surface area contributed by atoms with Crippen molar-refractivity contribution < 1.29 is 9.53 Å². The van der Waals surface area contributed by atoms with E-state index in [2.05, 4.69) is 35.4 Å². The number of aromatic nitrogens is 3. The number of hydrogen-bond acceptors (Lipinski definition) is 5. The second-order valence-electron chi connectivity index (χ2n) is 7.43. The predicted molar refractivity (Wildman–Crippen MR) is 122 cm³/mol. The number of carbonyl (C=O) groups excluding carboxylic acids is 1. The molecule has 1 N–H and O–H groups in total. The van der Waals surface area contributed by atoms with Crippen LogP contribution in [-0.2, 0) is 16.1 Å². The molecule has 0 spiro atoms. The number of amides is 1. The van der Waals surface area contributed by atoms with Crippen LogP contribution in [0.1, 0.15) is 30.9 Å². The molecule has 1 amide bonds. The van der Waals surface area contributed by atoms with Gasteiger partial charge >= 0.3 is 0 Å². The van der Waals surface area contributed by atoms with E-state index in [1.807, 2.05) is 54.0 Å². The van der Waals surface area contributed by atoms with Crippen LogP contribution >= 0.6 is 11.8 Å².